The first-order chi connectivity index (χ1) is 9.70. The zero-order valence-electron chi connectivity index (χ0n) is 12.5. The smallest absolute Gasteiger partial charge is 0.251 e. The zero-order valence-corrected chi connectivity index (χ0v) is 12.5. The minimum Gasteiger partial charge on any atom is -0.385 e. The first-order valence-electron chi connectivity index (χ1n) is 7.54. The summed E-state index contributed by atoms with van der Waals surface area (Å²) in [5.41, 5.74) is 2.98. The van der Waals surface area contributed by atoms with Gasteiger partial charge in [-0.3, -0.25) is 4.79 Å². The Morgan fingerprint density at radius 3 is 2.95 bits per heavy atom. The van der Waals surface area contributed by atoms with E-state index in [2.05, 4.69) is 16.0 Å². The summed E-state index contributed by atoms with van der Waals surface area (Å²) in [5.74, 6) is 0.699. The van der Waals surface area contributed by atoms with E-state index >= 15 is 0 Å². The van der Waals surface area contributed by atoms with E-state index in [1.165, 1.54) is 12.8 Å². The quantitative estimate of drug-likeness (QED) is 0.772. The summed E-state index contributed by atoms with van der Waals surface area (Å²) < 4.78 is 0. The predicted octanol–water partition coefficient (Wildman–Crippen LogP) is 2.16. The molecule has 1 aromatic carbocycles. The third kappa shape index (κ3) is 3.97. The lowest BCUT2D eigenvalue weighted by Gasteiger charge is -2.23. The Morgan fingerprint density at radius 2 is 2.30 bits per heavy atom. The van der Waals surface area contributed by atoms with E-state index in [0.717, 1.165) is 36.4 Å². The maximum absolute atomic E-state index is 11.8. The molecule has 1 unspecified atom stereocenters. The van der Waals surface area contributed by atoms with Gasteiger partial charge in [-0.2, -0.15) is 0 Å². The highest BCUT2D eigenvalue weighted by Gasteiger charge is 2.13. The van der Waals surface area contributed by atoms with Crippen molar-refractivity contribution in [2.45, 2.75) is 26.7 Å². The molecule has 1 atom stereocenters. The summed E-state index contributed by atoms with van der Waals surface area (Å²) in [7, 11) is 0. The van der Waals surface area contributed by atoms with E-state index in [-0.39, 0.29) is 5.91 Å². The lowest BCUT2D eigenvalue weighted by Crippen LogP contribution is -2.33. The molecule has 3 N–H and O–H groups in total. The fourth-order valence-corrected chi connectivity index (χ4v) is 2.62. The lowest BCUT2D eigenvalue weighted by atomic mass is 9.99. The SMILES string of the molecule is CCNC(=O)c1ccc(NCC2CCCNC2)c(C)c1. The highest BCUT2D eigenvalue weighted by atomic mass is 16.1. The van der Waals surface area contributed by atoms with Crippen molar-refractivity contribution in [3.63, 3.8) is 0 Å². The number of nitrogens with one attached hydrogen (secondary N) is 3. The van der Waals surface area contributed by atoms with E-state index in [1.54, 1.807) is 0 Å². The summed E-state index contributed by atoms with van der Waals surface area (Å²) in [6.07, 6.45) is 2.55. The molecule has 2 rings (SSSR count). The van der Waals surface area contributed by atoms with Crippen LogP contribution in [-0.4, -0.2) is 32.1 Å². The molecule has 1 amide bonds. The van der Waals surface area contributed by atoms with E-state index < -0.39 is 0 Å². The van der Waals surface area contributed by atoms with Gasteiger partial charge in [-0.05, 0) is 69.5 Å². The Bertz CT molecular complexity index is 453. The number of amides is 1. The number of carbonyl (C=O) groups is 1. The molecule has 0 aliphatic carbocycles. The third-order valence-corrected chi connectivity index (χ3v) is 3.81. The van der Waals surface area contributed by atoms with E-state index in [1.807, 2.05) is 32.0 Å². The third-order valence-electron chi connectivity index (χ3n) is 3.81. The summed E-state index contributed by atoms with van der Waals surface area (Å²) in [5, 5.41) is 9.76. The molecule has 1 aromatic rings. The van der Waals surface area contributed by atoms with Gasteiger partial charge in [0.1, 0.15) is 0 Å². The van der Waals surface area contributed by atoms with Gasteiger partial charge >= 0.3 is 0 Å². The molecule has 1 fully saturated rings. The van der Waals surface area contributed by atoms with Crippen molar-refractivity contribution >= 4 is 11.6 Å². The van der Waals surface area contributed by atoms with Crippen LogP contribution in [0.25, 0.3) is 0 Å². The molecule has 1 saturated heterocycles. The number of piperidine rings is 1. The fraction of sp³-hybridized carbons (Fsp3) is 0.562. The van der Waals surface area contributed by atoms with Gasteiger partial charge in [0.15, 0.2) is 0 Å². The molecule has 0 bridgehead atoms. The van der Waals surface area contributed by atoms with Crippen molar-refractivity contribution in [3.8, 4) is 0 Å². The molecular formula is C16H25N3O. The average molecular weight is 275 g/mol. The van der Waals surface area contributed by atoms with Gasteiger partial charge in [-0.25, -0.2) is 0 Å². The van der Waals surface area contributed by atoms with Crippen LogP contribution in [0.2, 0.25) is 0 Å². The number of rotatable bonds is 5. The van der Waals surface area contributed by atoms with Gasteiger partial charge < -0.3 is 16.0 Å². The average Bonchev–Trinajstić information content (AvgIpc) is 2.47. The second-order valence-electron chi connectivity index (χ2n) is 5.48. The molecule has 0 saturated carbocycles. The molecule has 20 heavy (non-hydrogen) atoms. The summed E-state index contributed by atoms with van der Waals surface area (Å²) >= 11 is 0. The van der Waals surface area contributed by atoms with Crippen molar-refractivity contribution < 1.29 is 4.79 Å². The zero-order chi connectivity index (χ0) is 14.4. The Kier molecular flexibility index (Phi) is 5.41. The van der Waals surface area contributed by atoms with Crippen LogP contribution >= 0.6 is 0 Å². The standard InChI is InChI=1S/C16H25N3O/c1-3-18-16(20)14-6-7-15(12(2)9-14)19-11-13-5-4-8-17-10-13/h6-7,9,13,17,19H,3-5,8,10-11H2,1-2H3,(H,18,20). The molecule has 1 aliphatic rings. The second-order valence-corrected chi connectivity index (χ2v) is 5.48. The van der Waals surface area contributed by atoms with E-state index in [9.17, 15) is 4.79 Å². The van der Waals surface area contributed by atoms with Crippen molar-refractivity contribution in [1.82, 2.24) is 10.6 Å². The number of hydrogen-bond donors (Lipinski definition) is 3. The van der Waals surface area contributed by atoms with Crippen molar-refractivity contribution in [2.24, 2.45) is 5.92 Å². The van der Waals surface area contributed by atoms with Gasteiger partial charge in [-0.1, -0.05) is 0 Å². The predicted molar refractivity (Wildman–Crippen MR) is 83.3 cm³/mol. The van der Waals surface area contributed by atoms with Crippen LogP contribution in [0.3, 0.4) is 0 Å². The highest BCUT2D eigenvalue weighted by Crippen LogP contribution is 2.18. The minimum absolute atomic E-state index is 0.00127. The summed E-state index contributed by atoms with van der Waals surface area (Å²) in [6.45, 7) is 7.88. The number of anilines is 1. The Morgan fingerprint density at radius 1 is 1.45 bits per heavy atom. The maximum atomic E-state index is 11.8. The second kappa shape index (κ2) is 7.29. The number of aryl methyl sites for hydroxylation is 1. The number of carbonyl (C=O) groups excluding carboxylic acids is 1. The largest absolute Gasteiger partial charge is 0.385 e. The first kappa shape index (κ1) is 14.9. The van der Waals surface area contributed by atoms with Crippen LogP contribution in [0.1, 0.15) is 35.7 Å². The van der Waals surface area contributed by atoms with Crippen molar-refractivity contribution in [1.29, 1.82) is 0 Å². The molecular weight excluding hydrogens is 250 g/mol. The van der Waals surface area contributed by atoms with Crippen LogP contribution in [-0.2, 0) is 0 Å². The molecule has 1 aliphatic heterocycles. The fourth-order valence-electron chi connectivity index (χ4n) is 2.62. The Labute approximate surface area is 121 Å². The topological polar surface area (TPSA) is 53.2 Å². The molecule has 0 radical (unpaired) electrons. The van der Waals surface area contributed by atoms with Crippen LogP contribution < -0.4 is 16.0 Å². The van der Waals surface area contributed by atoms with Gasteiger partial charge in [0.2, 0.25) is 0 Å². The Balaban J connectivity index is 1.93. The van der Waals surface area contributed by atoms with Crippen molar-refractivity contribution in [3.05, 3.63) is 29.3 Å². The first-order valence-corrected chi connectivity index (χ1v) is 7.54. The minimum atomic E-state index is -0.00127. The summed E-state index contributed by atoms with van der Waals surface area (Å²) in [6, 6.07) is 5.85. The number of hydrogen-bond acceptors (Lipinski definition) is 3. The number of benzene rings is 1. The van der Waals surface area contributed by atoms with Crippen molar-refractivity contribution in [2.75, 3.05) is 31.5 Å². The van der Waals surface area contributed by atoms with Gasteiger partial charge in [0, 0.05) is 24.3 Å². The maximum Gasteiger partial charge on any atom is 0.251 e. The van der Waals surface area contributed by atoms with Gasteiger partial charge in [0.05, 0.1) is 0 Å². The van der Waals surface area contributed by atoms with Gasteiger partial charge in [-0.15, -0.1) is 0 Å². The monoisotopic (exact) mass is 275 g/mol. The van der Waals surface area contributed by atoms with Crippen LogP contribution in [0.5, 0.6) is 0 Å². The van der Waals surface area contributed by atoms with Crippen LogP contribution in [0.4, 0.5) is 5.69 Å². The molecule has 0 aromatic heterocycles. The van der Waals surface area contributed by atoms with Crippen LogP contribution in [0.15, 0.2) is 18.2 Å². The van der Waals surface area contributed by atoms with Gasteiger partial charge in [0.25, 0.3) is 5.91 Å². The van der Waals surface area contributed by atoms with Crippen LogP contribution in [0, 0.1) is 12.8 Å². The van der Waals surface area contributed by atoms with E-state index in [0.29, 0.717) is 12.5 Å². The molecule has 110 valence electrons. The molecule has 4 heteroatoms. The van der Waals surface area contributed by atoms with E-state index in [4.69, 9.17) is 0 Å². The molecule has 1 heterocycles. The summed E-state index contributed by atoms with van der Waals surface area (Å²) in [4.78, 5) is 11.8. The molecule has 4 nitrogen and oxygen atoms in total. The lowest BCUT2D eigenvalue weighted by molar-refractivity contribution is 0.0956. The normalized spacial score (nSPS) is 18.6. The highest BCUT2D eigenvalue weighted by molar-refractivity contribution is 5.94. The molecule has 0 spiro atoms. The Hall–Kier alpha value is -1.55.